The van der Waals surface area contributed by atoms with Gasteiger partial charge in [-0.05, 0) is 12.8 Å². The van der Waals surface area contributed by atoms with Crippen LogP contribution in [0.5, 0.6) is 0 Å². The second-order valence-corrected chi connectivity index (χ2v) is 8.20. The van der Waals surface area contributed by atoms with Gasteiger partial charge in [0, 0.05) is 11.9 Å². The fourth-order valence-corrected chi connectivity index (χ4v) is 3.45. The Morgan fingerprint density at radius 2 is 1.58 bits per heavy atom. The van der Waals surface area contributed by atoms with Crippen molar-refractivity contribution in [3.63, 3.8) is 0 Å². The number of hydrogen-bond donors (Lipinski definition) is 0. The normalized spacial score (nSPS) is 26.7. The minimum Gasteiger partial charge on any atom is -0.273 e. The molecule has 1 saturated heterocycles. The van der Waals surface area contributed by atoms with Gasteiger partial charge in [-0.25, -0.2) is 4.31 Å². The van der Waals surface area contributed by atoms with E-state index in [1.807, 2.05) is 12.2 Å². The molecule has 0 saturated carbocycles. The molecule has 0 bridgehead atoms. The van der Waals surface area contributed by atoms with E-state index >= 15 is 0 Å². The van der Waals surface area contributed by atoms with Gasteiger partial charge in [0.1, 0.15) is 0 Å². The van der Waals surface area contributed by atoms with Gasteiger partial charge in [0.2, 0.25) is 15.5 Å². The quantitative estimate of drug-likeness (QED) is 0.326. The van der Waals surface area contributed by atoms with Crippen LogP contribution in [0.25, 0.3) is 0 Å². The summed E-state index contributed by atoms with van der Waals surface area (Å²) in [5.41, 5.74) is 0. The summed E-state index contributed by atoms with van der Waals surface area (Å²) in [7, 11) is 0. The SMILES string of the molecule is C.O=C1C2CC=CCC2C(=O)N1SC(Cl)(Cl)C(Cl)Cl. The first-order valence-corrected chi connectivity index (χ1v) is 7.62. The Bertz CT molecular complexity index is 387. The second-order valence-electron chi connectivity index (χ2n) is 4.08. The highest BCUT2D eigenvalue weighted by molar-refractivity contribution is 8.02. The fraction of sp³-hybridized carbons (Fsp3) is 0.636. The summed E-state index contributed by atoms with van der Waals surface area (Å²) in [5, 5.41) is 0. The molecule has 2 atom stereocenters. The Balaban J connectivity index is 0.00000180. The molecule has 19 heavy (non-hydrogen) atoms. The first kappa shape index (κ1) is 17.4. The second kappa shape index (κ2) is 6.44. The molecule has 0 aromatic carbocycles. The molecule has 8 heteroatoms. The van der Waals surface area contributed by atoms with Crippen LogP contribution in [0.15, 0.2) is 12.2 Å². The van der Waals surface area contributed by atoms with E-state index in [1.165, 1.54) is 0 Å². The fourth-order valence-electron chi connectivity index (χ4n) is 2.02. The van der Waals surface area contributed by atoms with Crippen molar-refractivity contribution in [3.8, 4) is 0 Å². The topological polar surface area (TPSA) is 37.4 Å². The van der Waals surface area contributed by atoms with Crippen molar-refractivity contribution in [2.24, 2.45) is 11.8 Å². The Morgan fingerprint density at radius 1 is 1.16 bits per heavy atom. The lowest BCUT2D eigenvalue weighted by Crippen LogP contribution is -2.31. The standard InChI is InChI=1S/C10H9Cl4NO2S.CH4/c11-9(12)10(13,14)18-15-7(16)5-3-1-2-4-6(5)8(15)17;/h1-2,5-6,9H,3-4H2;1H4. The Kier molecular flexibility index (Phi) is 5.91. The molecule has 2 aliphatic rings. The van der Waals surface area contributed by atoms with Crippen molar-refractivity contribution in [2.45, 2.75) is 28.8 Å². The molecule has 0 N–H and O–H groups in total. The molecular formula is C11H13Cl4NO2S. The van der Waals surface area contributed by atoms with Gasteiger partial charge in [0.15, 0.2) is 4.84 Å². The van der Waals surface area contributed by atoms with Crippen LogP contribution in [-0.4, -0.2) is 24.6 Å². The highest BCUT2D eigenvalue weighted by atomic mass is 35.5. The number of carbonyl (C=O) groups excluding carboxylic acids is 2. The van der Waals surface area contributed by atoms with Crippen molar-refractivity contribution >= 4 is 70.2 Å². The molecule has 0 aromatic heterocycles. The maximum Gasteiger partial charge on any atom is 0.243 e. The first-order chi connectivity index (χ1) is 8.34. The van der Waals surface area contributed by atoms with Crippen LogP contribution in [0.1, 0.15) is 20.3 Å². The zero-order valence-electron chi connectivity index (χ0n) is 8.98. The van der Waals surface area contributed by atoms with Crippen LogP contribution < -0.4 is 0 Å². The molecule has 3 nitrogen and oxygen atoms in total. The molecule has 108 valence electrons. The first-order valence-electron chi connectivity index (χ1n) is 5.22. The van der Waals surface area contributed by atoms with Crippen molar-refractivity contribution in [1.29, 1.82) is 0 Å². The maximum absolute atomic E-state index is 12.1. The molecule has 2 rings (SSSR count). The van der Waals surface area contributed by atoms with Gasteiger partial charge in [-0.1, -0.05) is 42.8 Å². The number of alkyl halides is 4. The summed E-state index contributed by atoms with van der Waals surface area (Å²) < 4.78 is -0.630. The largest absolute Gasteiger partial charge is 0.273 e. The van der Waals surface area contributed by atoms with Crippen molar-refractivity contribution in [3.05, 3.63) is 12.2 Å². The summed E-state index contributed by atoms with van der Waals surface area (Å²) in [6.45, 7) is 0. The summed E-state index contributed by atoms with van der Waals surface area (Å²) in [4.78, 5) is 23.1. The van der Waals surface area contributed by atoms with Gasteiger partial charge in [-0.3, -0.25) is 9.59 Å². The van der Waals surface area contributed by atoms with E-state index in [-0.39, 0.29) is 31.1 Å². The third kappa shape index (κ3) is 3.35. The lowest BCUT2D eigenvalue weighted by molar-refractivity contribution is -0.133. The zero-order chi connectivity index (χ0) is 13.5. The maximum atomic E-state index is 12.1. The minimum absolute atomic E-state index is 0. The molecule has 0 spiro atoms. The number of nitrogens with zero attached hydrogens (tertiary/aromatic N) is 1. The summed E-state index contributed by atoms with van der Waals surface area (Å²) in [6.07, 6.45) is 4.94. The number of allylic oxidation sites excluding steroid dienone is 2. The Morgan fingerprint density at radius 3 is 1.95 bits per heavy atom. The highest BCUT2D eigenvalue weighted by Gasteiger charge is 2.51. The van der Waals surface area contributed by atoms with E-state index in [9.17, 15) is 9.59 Å². The molecule has 2 unspecified atom stereocenters. The summed E-state index contributed by atoms with van der Waals surface area (Å²) in [5.74, 6) is -1.19. The third-order valence-electron chi connectivity index (χ3n) is 2.93. The molecule has 1 fully saturated rings. The van der Waals surface area contributed by atoms with Gasteiger partial charge >= 0.3 is 0 Å². The van der Waals surface area contributed by atoms with Gasteiger partial charge in [-0.15, -0.1) is 23.2 Å². The van der Waals surface area contributed by atoms with Crippen LogP contribution in [-0.2, 0) is 9.59 Å². The van der Waals surface area contributed by atoms with Crippen LogP contribution in [0.2, 0.25) is 0 Å². The average molecular weight is 365 g/mol. The van der Waals surface area contributed by atoms with Crippen LogP contribution >= 0.6 is 58.4 Å². The summed E-state index contributed by atoms with van der Waals surface area (Å²) in [6, 6.07) is 0. The van der Waals surface area contributed by atoms with Gasteiger partial charge in [0.25, 0.3) is 0 Å². The minimum atomic E-state index is -1.63. The van der Waals surface area contributed by atoms with E-state index in [0.29, 0.717) is 24.8 Å². The smallest absolute Gasteiger partial charge is 0.243 e. The van der Waals surface area contributed by atoms with Crippen molar-refractivity contribution in [1.82, 2.24) is 4.31 Å². The van der Waals surface area contributed by atoms with E-state index in [0.717, 1.165) is 4.31 Å². The zero-order valence-corrected chi connectivity index (χ0v) is 12.8. The third-order valence-corrected chi connectivity index (χ3v) is 6.17. The molecule has 0 aromatic rings. The Labute approximate surface area is 136 Å². The van der Waals surface area contributed by atoms with E-state index < -0.39 is 8.50 Å². The summed E-state index contributed by atoms with van der Waals surface area (Å²) >= 11 is 23.7. The highest BCUT2D eigenvalue weighted by Crippen LogP contribution is 2.48. The van der Waals surface area contributed by atoms with Gasteiger partial charge in [-0.2, -0.15) is 0 Å². The van der Waals surface area contributed by atoms with Crippen molar-refractivity contribution in [2.75, 3.05) is 0 Å². The molecule has 0 radical (unpaired) electrons. The monoisotopic (exact) mass is 363 g/mol. The molecule has 1 aliphatic carbocycles. The molecule has 1 heterocycles. The predicted octanol–water partition coefficient (Wildman–Crippen LogP) is 4.16. The number of amides is 2. The predicted molar refractivity (Wildman–Crippen MR) is 81.5 cm³/mol. The number of carbonyl (C=O) groups is 2. The van der Waals surface area contributed by atoms with E-state index in [4.69, 9.17) is 46.4 Å². The number of halogens is 4. The lowest BCUT2D eigenvalue weighted by Gasteiger charge is -2.24. The van der Waals surface area contributed by atoms with Crippen molar-refractivity contribution < 1.29 is 9.59 Å². The number of rotatable bonds is 3. The van der Waals surface area contributed by atoms with E-state index in [1.54, 1.807) is 0 Å². The van der Waals surface area contributed by atoms with E-state index in [2.05, 4.69) is 0 Å². The number of imide groups is 1. The lowest BCUT2D eigenvalue weighted by atomic mass is 9.85. The Hall–Kier alpha value is 0.390. The van der Waals surface area contributed by atoms with Crippen LogP contribution in [0, 0.1) is 11.8 Å². The molecular weight excluding hydrogens is 352 g/mol. The number of hydrogen-bond acceptors (Lipinski definition) is 3. The van der Waals surface area contributed by atoms with Crippen LogP contribution in [0.3, 0.4) is 0 Å². The van der Waals surface area contributed by atoms with Gasteiger partial charge in [0.05, 0.1) is 11.8 Å². The molecule has 1 aliphatic heterocycles. The molecule has 2 amide bonds. The number of fused-ring (bicyclic) bond motifs is 1. The van der Waals surface area contributed by atoms with Crippen LogP contribution in [0.4, 0.5) is 0 Å². The average Bonchev–Trinajstić information content (AvgIpc) is 2.55. The van der Waals surface area contributed by atoms with Gasteiger partial charge < -0.3 is 0 Å².